The number of pyridine rings is 1. The fourth-order valence-corrected chi connectivity index (χ4v) is 3.15. The van der Waals surface area contributed by atoms with Gasteiger partial charge in [0.2, 0.25) is 0 Å². The van der Waals surface area contributed by atoms with E-state index in [0.717, 1.165) is 5.57 Å². The van der Waals surface area contributed by atoms with Crippen LogP contribution in [0.5, 0.6) is 0 Å². The molecule has 0 bridgehead atoms. The van der Waals surface area contributed by atoms with Crippen LogP contribution in [-0.4, -0.2) is 18.3 Å². The quantitative estimate of drug-likeness (QED) is 0.619. The molecule has 0 radical (unpaired) electrons. The van der Waals surface area contributed by atoms with Gasteiger partial charge in [-0.3, -0.25) is 4.98 Å². The zero-order valence-corrected chi connectivity index (χ0v) is 11.0. The molecule has 0 saturated heterocycles. The Labute approximate surface area is 109 Å². The van der Waals surface area contributed by atoms with Crippen LogP contribution in [0.4, 0.5) is 0 Å². The lowest BCUT2D eigenvalue weighted by Crippen LogP contribution is -2.10. The molecule has 2 rings (SSSR count). The molecule has 0 saturated carbocycles. The van der Waals surface area contributed by atoms with Crippen molar-refractivity contribution in [1.82, 2.24) is 4.98 Å². The van der Waals surface area contributed by atoms with Gasteiger partial charge in [0.15, 0.2) is 0 Å². The molecule has 3 nitrogen and oxygen atoms in total. The summed E-state index contributed by atoms with van der Waals surface area (Å²) >= 11 is 4.98. The van der Waals surface area contributed by atoms with E-state index in [1.165, 1.54) is 6.08 Å². The third-order valence-electron chi connectivity index (χ3n) is 2.29. The summed E-state index contributed by atoms with van der Waals surface area (Å²) in [6.07, 6.45) is 5.34. The summed E-state index contributed by atoms with van der Waals surface area (Å²) in [4.78, 5) is 4.48. The minimum absolute atomic E-state index is 0.00248. The molecule has 0 aliphatic heterocycles. The molecule has 0 atom stereocenters. The number of allylic oxidation sites excluding steroid dienone is 4. The van der Waals surface area contributed by atoms with Crippen molar-refractivity contribution < 1.29 is 8.42 Å². The van der Waals surface area contributed by atoms with Gasteiger partial charge in [-0.25, -0.2) is 8.42 Å². The van der Waals surface area contributed by atoms with Gasteiger partial charge in [-0.2, -0.15) is 0 Å². The first-order valence-electron chi connectivity index (χ1n) is 4.79. The van der Waals surface area contributed by atoms with Crippen molar-refractivity contribution in [2.24, 2.45) is 0 Å². The Morgan fingerprint density at radius 3 is 2.71 bits per heavy atom. The number of nitrogens with zero attached hydrogens (tertiary/aromatic N) is 1. The van der Waals surface area contributed by atoms with Gasteiger partial charge in [0.25, 0.3) is 9.05 Å². The van der Waals surface area contributed by atoms with Crippen LogP contribution in [0.25, 0.3) is 5.57 Å². The zero-order chi connectivity index (χ0) is 12.5. The van der Waals surface area contributed by atoms with E-state index >= 15 is 0 Å². The molecule has 0 unspecified atom stereocenters. The van der Waals surface area contributed by atoms with Gasteiger partial charge in [-0.15, -0.1) is 0 Å². The number of hydrogen-bond donors (Lipinski definition) is 0. The normalized spacial score (nSPS) is 16.4. The summed E-state index contributed by atoms with van der Waals surface area (Å²) in [5.41, 5.74) is 1.42. The minimum atomic E-state index is -3.79. The summed E-state index contributed by atoms with van der Waals surface area (Å²) in [5, 5.41) is 0. The van der Waals surface area contributed by atoms with E-state index in [-0.39, 0.29) is 4.91 Å². The predicted molar refractivity (Wildman–Crippen MR) is 72.3 cm³/mol. The highest BCUT2D eigenvalue weighted by molar-refractivity contribution is 8.18. The van der Waals surface area contributed by atoms with Crippen molar-refractivity contribution >= 4 is 42.4 Å². The molecule has 1 aromatic heterocycles. The van der Waals surface area contributed by atoms with Gasteiger partial charge in [-0.1, -0.05) is 24.4 Å². The average molecular weight is 286 g/mol. The number of thiocarbonyl (C=S) groups is 1. The average Bonchev–Trinajstić information content (AvgIpc) is 2.29. The van der Waals surface area contributed by atoms with E-state index < -0.39 is 9.05 Å². The Morgan fingerprint density at radius 2 is 2.12 bits per heavy atom. The van der Waals surface area contributed by atoms with E-state index in [0.29, 0.717) is 17.0 Å². The second-order valence-corrected chi connectivity index (χ2v) is 6.48. The maximum absolute atomic E-state index is 11.3. The van der Waals surface area contributed by atoms with E-state index in [1.54, 1.807) is 18.3 Å². The Kier molecular flexibility index (Phi) is 3.42. The third kappa shape index (κ3) is 2.80. The first kappa shape index (κ1) is 12.4. The molecular formula is C11H8ClNO2S2. The largest absolute Gasteiger partial charge is 0.262 e. The fourth-order valence-electron chi connectivity index (χ4n) is 1.50. The van der Waals surface area contributed by atoms with Crippen LogP contribution in [-0.2, 0) is 9.05 Å². The molecule has 0 amide bonds. The molecule has 0 aromatic carbocycles. The minimum Gasteiger partial charge on any atom is -0.256 e. The first-order valence-corrected chi connectivity index (χ1v) is 7.51. The van der Waals surface area contributed by atoms with E-state index in [9.17, 15) is 8.42 Å². The highest BCUT2D eigenvalue weighted by atomic mass is 35.7. The SMILES string of the molecule is O=S(=O)(Cl)C1=CC(c2ccccn2)=CCC1=S. The third-order valence-corrected chi connectivity index (χ3v) is 4.20. The lowest BCUT2D eigenvalue weighted by molar-refractivity contribution is 0.616. The zero-order valence-electron chi connectivity index (χ0n) is 8.63. The van der Waals surface area contributed by atoms with Gasteiger partial charge >= 0.3 is 0 Å². The second-order valence-electron chi connectivity index (χ2n) is 3.45. The Balaban J connectivity index is 2.47. The van der Waals surface area contributed by atoms with Gasteiger partial charge in [-0.05, 0) is 23.8 Å². The Bertz CT molecular complexity index is 618. The molecule has 17 heavy (non-hydrogen) atoms. The van der Waals surface area contributed by atoms with E-state index in [4.69, 9.17) is 22.9 Å². The molecule has 0 fully saturated rings. The van der Waals surface area contributed by atoms with Crippen molar-refractivity contribution in [2.75, 3.05) is 0 Å². The number of hydrogen-bond acceptors (Lipinski definition) is 4. The maximum Gasteiger partial charge on any atom is 0.262 e. The summed E-state index contributed by atoms with van der Waals surface area (Å²) in [6, 6.07) is 5.43. The van der Waals surface area contributed by atoms with E-state index in [2.05, 4.69) is 4.98 Å². The van der Waals surface area contributed by atoms with Gasteiger partial charge in [0.05, 0.1) is 10.6 Å². The molecule has 1 heterocycles. The topological polar surface area (TPSA) is 47.0 Å². The van der Waals surface area contributed by atoms with Crippen molar-refractivity contribution in [2.45, 2.75) is 6.42 Å². The summed E-state index contributed by atoms with van der Waals surface area (Å²) in [5.74, 6) is 0. The highest BCUT2D eigenvalue weighted by Gasteiger charge is 2.22. The van der Waals surface area contributed by atoms with Crippen molar-refractivity contribution in [3.63, 3.8) is 0 Å². The summed E-state index contributed by atoms with van der Waals surface area (Å²) in [7, 11) is 1.54. The van der Waals surface area contributed by atoms with E-state index in [1.807, 2.05) is 12.1 Å². The molecule has 0 N–H and O–H groups in total. The number of rotatable bonds is 2. The van der Waals surface area contributed by atoms with Crippen molar-refractivity contribution in [1.29, 1.82) is 0 Å². The predicted octanol–water partition coefficient (Wildman–Crippen LogP) is 2.69. The lowest BCUT2D eigenvalue weighted by Gasteiger charge is -2.12. The Hall–Kier alpha value is -1.04. The van der Waals surface area contributed by atoms with Gasteiger partial charge in [0, 0.05) is 28.2 Å². The number of aromatic nitrogens is 1. The smallest absolute Gasteiger partial charge is 0.256 e. The van der Waals surface area contributed by atoms with Crippen LogP contribution in [0.1, 0.15) is 12.1 Å². The molecule has 6 heteroatoms. The summed E-state index contributed by atoms with van der Waals surface area (Å²) < 4.78 is 22.7. The van der Waals surface area contributed by atoms with Crippen LogP contribution in [0.15, 0.2) is 41.5 Å². The molecular weight excluding hydrogens is 278 g/mol. The lowest BCUT2D eigenvalue weighted by atomic mass is 10.0. The second kappa shape index (κ2) is 4.68. The molecule has 0 spiro atoms. The molecule has 1 aromatic rings. The van der Waals surface area contributed by atoms with Crippen LogP contribution in [0, 0.1) is 0 Å². The Morgan fingerprint density at radius 1 is 1.35 bits per heavy atom. The maximum atomic E-state index is 11.3. The van der Waals surface area contributed by atoms with Crippen molar-refractivity contribution in [3.05, 3.63) is 47.1 Å². The fraction of sp³-hybridized carbons (Fsp3) is 0.0909. The molecule has 88 valence electrons. The monoisotopic (exact) mass is 285 g/mol. The summed E-state index contributed by atoms with van der Waals surface area (Å²) in [6.45, 7) is 0. The van der Waals surface area contributed by atoms with Gasteiger partial charge < -0.3 is 0 Å². The standard InChI is InChI=1S/C11H8ClNO2S2/c12-17(14,15)11-7-8(4-5-10(11)16)9-3-1-2-6-13-9/h1-4,6-7H,5H2. The van der Waals surface area contributed by atoms with Crippen LogP contribution < -0.4 is 0 Å². The van der Waals surface area contributed by atoms with Gasteiger partial charge in [0.1, 0.15) is 0 Å². The molecule has 1 aliphatic carbocycles. The van der Waals surface area contributed by atoms with Crippen LogP contribution in [0.3, 0.4) is 0 Å². The van der Waals surface area contributed by atoms with Crippen LogP contribution in [0.2, 0.25) is 0 Å². The van der Waals surface area contributed by atoms with Crippen molar-refractivity contribution in [3.8, 4) is 0 Å². The first-order chi connectivity index (χ1) is 7.98. The highest BCUT2D eigenvalue weighted by Crippen LogP contribution is 2.27. The number of halogens is 1. The van der Waals surface area contributed by atoms with Crippen LogP contribution >= 0.6 is 22.9 Å². The molecule has 1 aliphatic rings.